The predicted octanol–water partition coefficient (Wildman–Crippen LogP) is 0.954. The van der Waals surface area contributed by atoms with Crippen molar-refractivity contribution in [3.05, 3.63) is 0 Å². The first-order valence-corrected chi connectivity index (χ1v) is 4.15. The monoisotopic (exact) mass is 265 g/mol. The van der Waals surface area contributed by atoms with Crippen molar-refractivity contribution in [2.24, 2.45) is 0 Å². The maximum absolute atomic E-state index is 11.7. The van der Waals surface area contributed by atoms with Gasteiger partial charge < -0.3 is 5.32 Å². The van der Waals surface area contributed by atoms with Crippen molar-refractivity contribution in [1.82, 2.24) is 5.32 Å². The Bertz CT molecular complexity index is 292. The molecule has 0 aliphatic carbocycles. The highest BCUT2D eigenvalue weighted by Crippen LogP contribution is 2.15. The SMILES string of the molecule is O=C(Cl)C[C@H](NC(=O)C(F)(F)F)C(=O)Cl. The van der Waals surface area contributed by atoms with Crippen molar-refractivity contribution in [3.8, 4) is 0 Å². The topological polar surface area (TPSA) is 63.2 Å². The molecular formula is C6H4Cl2F3NO3. The van der Waals surface area contributed by atoms with Crippen LogP contribution in [0.4, 0.5) is 13.2 Å². The largest absolute Gasteiger partial charge is 0.471 e. The van der Waals surface area contributed by atoms with Gasteiger partial charge in [0, 0.05) is 0 Å². The number of alkyl halides is 3. The lowest BCUT2D eigenvalue weighted by atomic mass is 10.2. The zero-order valence-corrected chi connectivity index (χ0v) is 8.41. The van der Waals surface area contributed by atoms with Gasteiger partial charge in [-0.1, -0.05) is 0 Å². The molecule has 1 amide bonds. The molecule has 4 nitrogen and oxygen atoms in total. The van der Waals surface area contributed by atoms with E-state index in [0.717, 1.165) is 0 Å². The maximum atomic E-state index is 11.7. The van der Waals surface area contributed by atoms with Crippen LogP contribution in [0.2, 0.25) is 0 Å². The first-order valence-electron chi connectivity index (χ1n) is 3.40. The zero-order chi connectivity index (χ0) is 12.2. The minimum absolute atomic E-state index is 0.800. The zero-order valence-electron chi connectivity index (χ0n) is 6.90. The molecule has 86 valence electrons. The number of carbonyl (C=O) groups is 3. The Morgan fingerprint density at radius 3 is 1.93 bits per heavy atom. The molecule has 0 aromatic rings. The lowest BCUT2D eigenvalue weighted by Gasteiger charge is -2.13. The summed E-state index contributed by atoms with van der Waals surface area (Å²) in [7, 11) is 0. The quantitative estimate of drug-likeness (QED) is 0.770. The van der Waals surface area contributed by atoms with E-state index in [1.165, 1.54) is 5.32 Å². The smallest absolute Gasteiger partial charge is 0.337 e. The highest BCUT2D eigenvalue weighted by molar-refractivity contribution is 6.67. The molecule has 0 aliphatic heterocycles. The van der Waals surface area contributed by atoms with E-state index >= 15 is 0 Å². The van der Waals surface area contributed by atoms with Crippen LogP contribution in [0.3, 0.4) is 0 Å². The molecular weight excluding hydrogens is 262 g/mol. The molecule has 9 heteroatoms. The number of hydrogen-bond donors (Lipinski definition) is 1. The van der Waals surface area contributed by atoms with E-state index in [0.29, 0.717) is 0 Å². The number of nitrogens with one attached hydrogen (secondary N) is 1. The van der Waals surface area contributed by atoms with Gasteiger partial charge in [0.1, 0.15) is 6.04 Å². The highest BCUT2D eigenvalue weighted by atomic mass is 35.5. The fourth-order valence-electron chi connectivity index (χ4n) is 0.589. The fraction of sp³-hybridized carbons (Fsp3) is 0.500. The molecule has 0 saturated heterocycles. The van der Waals surface area contributed by atoms with Crippen LogP contribution in [0.1, 0.15) is 6.42 Å². The summed E-state index contributed by atoms with van der Waals surface area (Å²) in [5, 5.41) is -1.15. The second-order valence-electron chi connectivity index (χ2n) is 2.39. The maximum Gasteiger partial charge on any atom is 0.471 e. The van der Waals surface area contributed by atoms with E-state index in [-0.39, 0.29) is 0 Å². The Balaban J connectivity index is 4.50. The molecule has 0 bridgehead atoms. The van der Waals surface area contributed by atoms with Crippen LogP contribution in [0.5, 0.6) is 0 Å². The molecule has 0 unspecified atom stereocenters. The number of rotatable bonds is 4. The van der Waals surface area contributed by atoms with Crippen molar-refractivity contribution in [3.63, 3.8) is 0 Å². The first kappa shape index (κ1) is 14.2. The van der Waals surface area contributed by atoms with Gasteiger partial charge in [-0.3, -0.25) is 14.4 Å². The minimum atomic E-state index is -5.15. The molecule has 1 atom stereocenters. The van der Waals surface area contributed by atoms with Crippen LogP contribution in [-0.4, -0.2) is 28.6 Å². The van der Waals surface area contributed by atoms with E-state index < -0.39 is 35.0 Å². The van der Waals surface area contributed by atoms with Gasteiger partial charge in [-0.15, -0.1) is 0 Å². The van der Waals surface area contributed by atoms with Crippen LogP contribution in [0, 0.1) is 0 Å². The van der Waals surface area contributed by atoms with Gasteiger partial charge >= 0.3 is 12.1 Å². The van der Waals surface area contributed by atoms with Gasteiger partial charge in [-0.2, -0.15) is 13.2 Å². The molecule has 15 heavy (non-hydrogen) atoms. The molecule has 0 radical (unpaired) electrons. The fourth-order valence-corrected chi connectivity index (χ4v) is 0.875. The van der Waals surface area contributed by atoms with Gasteiger partial charge in [0.05, 0.1) is 6.42 Å². The van der Waals surface area contributed by atoms with Gasteiger partial charge in [0.25, 0.3) is 0 Å². The van der Waals surface area contributed by atoms with E-state index in [4.69, 9.17) is 23.2 Å². The Hall–Kier alpha value is -0.820. The summed E-state index contributed by atoms with van der Waals surface area (Å²) in [6, 6.07) is -1.77. The molecule has 0 aliphatic rings. The van der Waals surface area contributed by atoms with Crippen molar-refractivity contribution >= 4 is 39.6 Å². The van der Waals surface area contributed by atoms with Crippen LogP contribution in [0.25, 0.3) is 0 Å². The summed E-state index contributed by atoms with van der Waals surface area (Å²) in [5.74, 6) is -2.36. The van der Waals surface area contributed by atoms with Gasteiger partial charge in [-0.25, -0.2) is 0 Å². The van der Waals surface area contributed by atoms with Gasteiger partial charge in [-0.05, 0) is 23.2 Å². The third-order valence-corrected chi connectivity index (χ3v) is 1.62. The third kappa shape index (κ3) is 5.58. The highest BCUT2D eigenvalue weighted by Gasteiger charge is 2.40. The van der Waals surface area contributed by atoms with E-state index in [9.17, 15) is 27.6 Å². The summed E-state index contributed by atoms with van der Waals surface area (Å²) >= 11 is 9.68. The summed E-state index contributed by atoms with van der Waals surface area (Å²) in [5.41, 5.74) is 0. The van der Waals surface area contributed by atoms with Crippen molar-refractivity contribution in [2.75, 3.05) is 0 Å². The molecule has 0 spiro atoms. The van der Waals surface area contributed by atoms with Crippen molar-refractivity contribution in [1.29, 1.82) is 0 Å². The lowest BCUT2D eigenvalue weighted by Crippen LogP contribution is -2.46. The Morgan fingerprint density at radius 1 is 1.20 bits per heavy atom. The summed E-state index contributed by atoms with van der Waals surface area (Å²) < 4.78 is 35.2. The molecule has 0 heterocycles. The van der Waals surface area contributed by atoms with Gasteiger partial charge in [0.2, 0.25) is 10.5 Å². The molecule has 1 N–H and O–H groups in total. The Labute approximate surface area is 91.7 Å². The molecule has 0 saturated carbocycles. The number of hydrogen-bond acceptors (Lipinski definition) is 3. The molecule has 0 aromatic carbocycles. The minimum Gasteiger partial charge on any atom is -0.337 e. The Kier molecular flexibility index (Phi) is 5.02. The summed E-state index contributed by atoms with van der Waals surface area (Å²) in [4.78, 5) is 31.2. The third-order valence-electron chi connectivity index (χ3n) is 1.20. The number of halogens is 5. The molecule has 0 rings (SSSR count). The lowest BCUT2D eigenvalue weighted by molar-refractivity contribution is -0.174. The average Bonchev–Trinajstić information content (AvgIpc) is 1.99. The van der Waals surface area contributed by atoms with Crippen LogP contribution < -0.4 is 5.32 Å². The van der Waals surface area contributed by atoms with Gasteiger partial charge in [0.15, 0.2) is 0 Å². The van der Waals surface area contributed by atoms with E-state index in [1.807, 2.05) is 0 Å². The van der Waals surface area contributed by atoms with Crippen molar-refractivity contribution in [2.45, 2.75) is 18.6 Å². The van der Waals surface area contributed by atoms with Crippen LogP contribution in [0.15, 0.2) is 0 Å². The number of carbonyl (C=O) groups excluding carboxylic acids is 3. The molecule has 0 aromatic heterocycles. The first-order chi connectivity index (χ1) is 6.64. The summed E-state index contributed by atoms with van der Waals surface area (Å²) in [6.45, 7) is 0. The van der Waals surface area contributed by atoms with Crippen molar-refractivity contribution < 1.29 is 27.6 Å². The predicted molar refractivity (Wildman–Crippen MR) is 44.3 cm³/mol. The second kappa shape index (κ2) is 5.32. The van der Waals surface area contributed by atoms with E-state index in [2.05, 4.69) is 0 Å². The number of amides is 1. The Morgan fingerprint density at radius 2 is 1.67 bits per heavy atom. The molecule has 0 fully saturated rings. The van der Waals surface area contributed by atoms with Crippen LogP contribution >= 0.6 is 23.2 Å². The van der Waals surface area contributed by atoms with E-state index in [1.54, 1.807) is 0 Å². The second-order valence-corrected chi connectivity index (χ2v) is 3.18. The average molecular weight is 266 g/mol. The standard InChI is InChI=1S/C6H4Cl2F3NO3/c7-3(13)1-2(4(8)14)12-5(15)6(9,10)11/h2H,1H2,(H,12,15)/t2-/m0/s1. The normalized spacial score (nSPS) is 13.1. The van der Waals surface area contributed by atoms with Crippen LogP contribution in [-0.2, 0) is 14.4 Å². The summed E-state index contributed by atoms with van der Waals surface area (Å²) in [6.07, 6.45) is -5.95.